The van der Waals surface area contributed by atoms with Crippen LogP contribution in [0.1, 0.15) is 38.5 Å². The largest absolute Gasteiger partial charge is 0.479 e. The van der Waals surface area contributed by atoms with Gasteiger partial charge in [0.15, 0.2) is 6.10 Å². The zero-order valence-electron chi connectivity index (χ0n) is 7.79. The van der Waals surface area contributed by atoms with Gasteiger partial charge in [0.05, 0.1) is 6.61 Å². The lowest BCUT2D eigenvalue weighted by atomic mass is 9.73. The Hall–Kier alpha value is -0.570. The third kappa shape index (κ3) is 1.70. The van der Waals surface area contributed by atoms with Crippen LogP contribution >= 0.6 is 0 Å². The third-order valence-electron chi connectivity index (χ3n) is 3.40. The average molecular weight is 184 g/mol. The summed E-state index contributed by atoms with van der Waals surface area (Å²) in [7, 11) is 0. The molecule has 74 valence electrons. The minimum absolute atomic E-state index is 0.224. The molecule has 3 nitrogen and oxygen atoms in total. The average Bonchev–Trinajstić information content (AvgIpc) is 2.51. The summed E-state index contributed by atoms with van der Waals surface area (Å²) in [5.41, 5.74) is 0.224. The van der Waals surface area contributed by atoms with Crippen LogP contribution in [0.4, 0.5) is 0 Å². The van der Waals surface area contributed by atoms with Gasteiger partial charge < -0.3 is 9.84 Å². The number of aliphatic carboxylic acids is 1. The first-order valence-electron chi connectivity index (χ1n) is 5.06. The summed E-state index contributed by atoms with van der Waals surface area (Å²) in [5.74, 6) is -0.789. The highest BCUT2D eigenvalue weighted by Crippen LogP contribution is 2.44. The SMILES string of the molecule is O=C(O)C1CC2(CCCCC2)CO1. The van der Waals surface area contributed by atoms with E-state index in [9.17, 15) is 4.79 Å². The minimum atomic E-state index is -0.789. The molecule has 2 aliphatic rings. The Bertz CT molecular complexity index is 206. The molecule has 1 aliphatic heterocycles. The maximum atomic E-state index is 10.7. The number of carbonyl (C=O) groups is 1. The standard InChI is InChI=1S/C10H16O3/c11-9(12)8-6-10(7-13-8)4-2-1-3-5-10/h8H,1-7H2,(H,11,12). The number of ether oxygens (including phenoxy) is 1. The van der Waals surface area contributed by atoms with Crippen LogP contribution in [0.15, 0.2) is 0 Å². The van der Waals surface area contributed by atoms with Crippen molar-refractivity contribution >= 4 is 5.97 Å². The summed E-state index contributed by atoms with van der Waals surface area (Å²) in [6.45, 7) is 0.671. The summed E-state index contributed by atoms with van der Waals surface area (Å²) in [5, 5.41) is 8.80. The normalized spacial score (nSPS) is 32.2. The van der Waals surface area contributed by atoms with Crippen molar-refractivity contribution in [3.05, 3.63) is 0 Å². The Morgan fingerprint density at radius 1 is 1.31 bits per heavy atom. The van der Waals surface area contributed by atoms with E-state index >= 15 is 0 Å². The lowest BCUT2D eigenvalue weighted by Gasteiger charge is -2.31. The van der Waals surface area contributed by atoms with Crippen LogP contribution in [0.3, 0.4) is 0 Å². The van der Waals surface area contributed by atoms with Crippen LogP contribution < -0.4 is 0 Å². The molecular formula is C10H16O3. The van der Waals surface area contributed by atoms with Crippen LogP contribution in [0.5, 0.6) is 0 Å². The van der Waals surface area contributed by atoms with Gasteiger partial charge in [0.1, 0.15) is 0 Å². The molecule has 1 spiro atoms. The topological polar surface area (TPSA) is 46.5 Å². The molecule has 0 aromatic rings. The van der Waals surface area contributed by atoms with Crippen molar-refractivity contribution in [1.82, 2.24) is 0 Å². The first-order chi connectivity index (χ1) is 6.22. The van der Waals surface area contributed by atoms with Crippen molar-refractivity contribution in [1.29, 1.82) is 0 Å². The van der Waals surface area contributed by atoms with Crippen LogP contribution in [-0.2, 0) is 9.53 Å². The van der Waals surface area contributed by atoms with E-state index in [4.69, 9.17) is 9.84 Å². The minimum Gasteiger partial charge on any atom is -0.479 e. The van der Waals surface area contributed by atoms with Gasteiger partial charge in [-0.2, -0.15) is 0 Å². The number of hydrogen-bond acceptors (Lipinski definition) is 2. The maximum absolute atomic E-state index is 10.7. The van der Waals surface area contributed by atoms with Crippen molar-refractivity contribution in [3.63, 3.8) is 0 Å². The van der Waals surface area contributed by atoms with Gasteiger partial charge in [-0.05, 0) is 24.7 Å². The van der Waals surface area contributed by atoms with E-state index in [-0.39, 0.29) is 5.41 Å². The van der Waals surface area contributed by atoms with E-state index in [1.807, 2.05) is 0 Å². The first kappa shape index (κ1) is 9.00. The van der Waals surface area contributed by atoms with Crippen molar-refractivity contribution in [2.24, 2.45) is 5.41 Å². The molecule has 3 heteroatoms. The molecule has 1 N–H and O–H groups in total. The molecule has 1 atom stereocenters. The Kier molecular flexibility index (Phi) is 2.28. The fraction of sp³-hybridized carbons (Fsp3) is 0.900. The molecule has 0 amide bonds. The van der Waals surface area contributed by atoms with E-state index in [0.29, 0.717) is 6.61 Å². The lowest BCUT2D eigenvalue weighted by Crippen LogP contribution is -2.25. The van der Waals surface area contributed by atoms with Gasteiger partial charge >= 0.3 is 5.97 Å². The molecule has 13 heavy (non-hydrogen) atoms. The zero-order valence-corrected chi connectivity index (χ0v) is 7.79. The van der Waals surface area contributed by atoms with Gasteiger partial charge in [-0.1, -0.05) is 19.3 Å². The molecule has 2 fully saturated rings. The van der Waals surface area contributed by atoms with E-state index in [0.717, 1.165) is 19.3 Å². The fourth-order valence-corrected chi connectivity index (χ4v) is 2.60. The Morgan fingerprint density at radius 2 is 2.00 bits per heavy atom. The van der Waals surface area contributed by atoms with E-state index in [1.54, 1.807) is 0 Å². The quantitative estimate of drug-likeness (QED) is 0.676. The number of carboxylic acid groups (broad SMARTS) is 1. The van der Waals surface area contributed by atoms with Crippen molar-refractivity contribution in [3.8, 4) is 0 Å². The molecular weight excluding hydrogens is 168 g/mol. The van der Waals surface area contributed by atoms with Crippen molar-refractivity contribution in [2.45, 2.75) is 44.6 Å². The summed E-state index contributed by atoms with van der Waals surface area (Å²) < 4.78 is 5.31. The molecule has 0 aromatic carbocycles. The van der Waals surface area contributed by atoms with Crippen LogP contribution in [0.25, 0.3) is 0 Å². The monoisotopic (exact) mass is 184 g/mol. The van der Waals surface area contributed by atoms with Gasteiger partial charge in [0.2, 0.25) is 0 Å². The predicted molar refractivity (Wildman–Crippen MR) is 47.5 cm³/mol. The highest BCUT2D eigenvalue weighted by Gasteiger charge is 2.43. The van der Waals surface area contributed by atoms with Crippen LogP contribution in [0, 0.1) is 5.41 Å². The van der Waals surface area contributed by atoms with Crippen molar-refractivity contribution in [2.75, 3.05) is 6.61 Å². The molecule has 0 aromatic heterocycles. The van der Waals surface area contributed by atoms with E-state index < -0.39 is 12.1 Å². The highest BCUT2D eigenvalue weighted by atomic mass is 16.5. The van der Waals surface area contributed by atoms with E-state index in [2.05, 4.69) is 0 Å². The maximum Gasteiger partial charge on any atom is 0.332 e. The molecule has 1 saturated heterocycles. The number of rotatable bonds is 1. The fourth-order valence-electron chi connectivity index (χ4n) is 2.60. The second-order valence-corrected chi connectivity index (χ2v) is 4.40. The van der Waals surface area contributed by atoms with Gasteiger partial charge in [-0.25, -0.2) is 4.79 Å². The van der Waals surface area contributed by atoms with Gasteiger partial charge in [-0.3, -0.25) is 0 Å². The summed E-state index contributed by atoms with van der Waals surface area (Å²) in [6, 6.07) is 0. The van der Waals surface area contributed by atoms with Gasteiger partial charge in [0.25, 0.3) is 0 Å². The Morgan fingerprint density at radius 3 is 2.54 bits per heavy atom. The second kappa shape index (κ2) is 3.29. The molecule has 1 heterocycles. The molecule has 2 rings (SSSR count). The van der Waals surface area contributed by atoms with Gasteiger partial charge in [0, 0.05) is 0 Å². The Labute approximate surface area is 78.1 Å². The summed E-state index contributed by atoms with van der Waals surface area (Å²) in [6.07, 6.45) is 6.33. The molecule has 1 aliphatic carbocycles. The molecule has 1 unspecified atom stereocenters. The first-order valence-corrected chi connectivity index (χ1v) is 5.06. The Balaban J connectivity index is 1.98. The summed E-state index contributed by atoms with van der Waals surface area (Å²) in [4.78, 5) is 10.7. The van der Waals surface area contributed by atoms with Crippen LogP contribution in [0.2, 0.25) is 0 Å². The van der Waals surface area contributed by atoms with E-state index in [1.165, 1.54) is 19.3 Å². The molecule has 1 saturated carbocycles. The molecule has 0 bridgehead atoms. The predicted octanol–water partition coefficient (Wildman–Crippen LogP) is 1.81. The van der Waals surface area contributed by atoms with Gasteiger partial charge in [-0.15, -0.1) is 0 Å². The third-order valence-corrected chi connectivity index (χ3v) is 3.40. The summed E-state index contributed by atoms with van der Waals surface area (Å²) >= 11 is 0. The highest BCUT2D eigenvalue weighted by molar-refractivity contribution is 5.72. The number of hydrogen-bond donors (Lipinski definition) is 1. The van der Waals surface area contributed by atoms with Crippen molar-refractivity contribution < 1.29 is 14.6 Å². The van der Waals surface area contributed by atoms with Crippen LogP contribution in [-0.4, -0.2) is 23.8 Å². The zero-order chi connectivity index (χ0) is 9.31. The molecule has 0 radical (unpaired) electrons. The second-order valence-electron chi connectivity index (χ2n) is 4.40. The smallest absolute Gasteiger partial charge is 0.332 e. The lowest BCUT2D eigenvalue weighted by molar-refractivity contribution is -0.147. The number of carboxylic acids is 1.